The van der Waals surface area contributed by atoms with E-state index in [2.05, 4.69) is 0 Å². The summed E-state index contributed by atoms with van der Waals surface area (Å²) in [5, 5.41) is 4.48. The molecule has 2 aromatic carbocycles. The van der Waals surface area contributed by atoms with Crippen molar-refractivity contribution < 1.29 is 9.59 Å². The standard InChI is InChI=1S/C14H10Cl2N2O2/c1-17(2)18-13(19)7-3-5-9(15)12-10(16)6-4-8(11(7)12)14(18)20/h3-6H,1-2H3. The Labute approximate surface area is 125 Å². The molecule has 0 saturated carbocycles. The van der Waals surface area contributed by atoms with E-state index >= 15 is 0 Å². The minimum absolute atomic E-state index is 0.378. The first-order chi connectivity index (χ1) is 9.43. The minimum Gasteiger partial charge on any atom is -0.267 e. The van der Waals surface area contributed by atoms with Crippen LogP contribution in [0.2, 0.25) is 10.0 Å². The molecule has 0 atom stereocenters. The maximum atomic E-state index is 12.5. The molecule has 0 unspecified atom stereocenters. The molecule has 4 nitrogen and oxygen atoms in total. The molecule has 0 bridgehead atoms. The predicted molar refractivity (Wildman–Crippen MR) is 78.2 cm³/mol. The van der Waals surface area contributed by atoms with Gasteiger partial charge in [-0.2, -0.15) is 0 Å². The topological polar surface area (TPSA) is 40.6 Å². The number of amides is 2. The van der Waals surface area contributed by atoms with Crippen LogP contribution in [0.5, 0.6) is 0 Å². The molecule has 20 heavy (non-hydrogen) atoms. The zero-order chi connectivity index (χ0) is 14.6. The van der Waals surface area contributed by atoms with Crippen molar-refractivity contribution in [1.29, 1.82) is 0 Å². The Morgan fingerprint density at radius 1 is 0.850 bits per heavy atom. The summed E-state index contributed by atoms with van der Waals surface area (Å²) in [5.41, 5.74) is 0.852. The number of hydrogen-bond acceptors (Lipinski definition) is 3. The van der Waals surface area contributed by atoms with Gasteiger partial charge < -0.3 is 0 Å². The van der Waals surface area contributed by atoms with Gasteiger partial charge in [0.15, 0.2) is 0 Å². The van der Waals surface area contributed by atoms with Crippen LogP contribution in [0.25, 0.3) is 10.8 Å². The molecule has 0 saturated heterocycles. The fourth-order valence-electron chi connectivity index (χ4n) is 2.45. The number of benzene rings is 2. The van der Waals surface area contributed by atoms with Gasteiger partial charge in [-0.05, 0) is 24.3 Å². The number of carbonyl (C=O) groups is 2. The summed E-state index contributed by atoms with van der Waals surface area (Å²) in [6.07, 6.45) is 0. The van der Waals surface area contributed by atoms with Crippen LogP contribution >= 0.6 is 23.2 Å². The highest BCUT2D eigenvalue weighted by molar-refractivity contribution is 6.44. The van der Waals surface area contributed by atoms with Crippen LogP contribution in [0.1, 0.15) is 20.7 Å². The van der Waals surface area contributed by atoms with Crippen LogP contribution in [0, 0.1) is 0 Å². The first-order valence-corrected chi connectivity index (χ1v) is 6.66. The summed E-state index contributed by atoms with van der Waals surface area (Å²) in [4.78, 5) is 24.9. The van der Waals surface area contributed by atoms with Gasteiger partial charge in [0.2, 0.25) is 0 Å². The summed E-state index contributed by atoms with van der Waals surface area (Å²) in [5.74, 6) is -0.757. The first-order valence-electron chi connectivity index (χ1n) is 5.90. The number of imide groups is 1. The summed E-state index contributed by atoms with van der Waals surface area (Å²) in [7, 11) is 3.29. The number of rotatable bonds is 1. The number of carbonyl (C=O) groups excluding carboxylic acids is 2. The fraction of sp³-hybridized carbons (Fsp3) is 0.143. The Kier molecular flexibility index (Phi) is 2.97. The summed E-state index contributed by atoms with van der Waals surface area (Å²) >= 11 is 12.3. The van der Waals surface area contributed by atoms with Crippen molar-refractivity contribution in [2.24, 2.45) is 0 Å². The first kappa shape index (κ1) is 13.4. The molecule has 6 heteroatoms. The Hall–Kier alpha value is -1.62. The highest BCUT2D eigenvalue weighted by atomic mass is 35.5. The highest BCUT2D eigenvalue weighted by Gasteiger charge is 2.35. The predicted octanol–water partition coefficient (Wildman–Crippen LogP) is 3.22. The van der Waals surface area contributed by atoms with Gasteiger partial charge >= 0.3 is 0 Å². The quantitative estimate of drug-likeness (QED) is 0.760. The lowest BCUT2D eigenvalue weighted by atomic mass is 9.94. The molecule has 0 aliphatic carbocycles. The zero-order valence-corrected chi connectivity index (χ0v) is 12.3. The molecule has 1 aliphatic heterocycles. The van der Waals surface area contributed by atoms with E-state index in [1.165, 1.54) is 5.01 Å². The van der Waals surface area contributed by atoms with E-state index in [0.717, 1.165) is 5.01 Å². The van der Waals surface area contributed by atoms with Gasteiger partial charge in [-0.3, -0.25) is 9.59 Å². The average Bonchev–Trinajstić information content (AvgIpc) is 2.37. The molecule has 3 rings (SSSR count). The lowest BCUT2D eigenvalue weighted by molar-refractivity contribution is 0.0183. The molecule has 0 spiro atoms. The van der Waals surface area contributed by atoms with Gasteiger partial charge in [0.25, 0.3) is 11.8 Å². The molecular weight excluding hydrogens is 299 g/mol. The van der Waals surface area contributed by atoms with Crippen LogP contribution in [0.4, 0.5) is 0 Å². The van der Waals surface area contributed by atoms with E-state index in [0.29, 0.717) is 31.9 Å². The monoisotopic (exact) mass is 308 g/mol. The summed E-state index contributed by atoms with van der Waals surface area (Å²) < 4.78 is 0. The van der Waals surface area contributed by atoms with E-state index in [4.69, 9.17) is 23.2 Å². The van der Waals surface area contributed by atoms with Gasteiger partial charge in [0.05, 0.1) is 11.1 Å². The van der Waals surface area contributed by atoms with Crippen molar-refractivity contribution in [2.45, 2.75) is 0 Å². The molecule has 1 aliphatic rings. The fourth-order valence-corrected chi connectivity index (χ4v) is 3.02. The number of hydrogen-bond donors (Lipinski definition) is 0. The van der Waals surface area contributed by atoms with Gasteiger partial charge in [0, 0.05) is 34.9 Å². The Morgan fingerprint density at radius 3 is 1.70 bits per heavy atom. The lowest BCUT2D eigenvalue weighted by Crippen LogP contribution is -2.48. The normalized spacial score (nSPS) is 14.6. The second-order valence-corrected chi connectivity index (χ2v) is 5.52. The molecule has 0 N–H and O–H groups in total. The third-order valence-corrected chi connectivity index (χ3v) is 3.93. The second kappa shape index (κ2) is 4.45. The molecule has 1 heterocycles. The Bertz CT molecular complexity index is 715. The zero-order valence-electron chi connectivity index (χ0n) is 10.8. The third-order valence-electron chi connectivity index (χ3n) is 3.30. The van der Waals surface area contributed by atoms with E-state index in [1.54, 1.807) is 38.4 Å². The number of hydrazine groups is 1. The van der Waals surface area contributed by atoms with Crippen molar-refractivity contribution in [3.63, 3.8) is 0 Å². The average molecular weight is 309 g/mol. The summed E-state index contributed by atoms with van der Waals surface area (Å²) in [6, 6.07) is 6.48. The van der Waals surface area contributed by atoms with Crippen molar-refractivity contribution in [2.75, 3.05) is 14.1 Å². The Balaban J connectivity index is 2.45. The van der Waals surface area contributed by atoms with E-state index < -0.39 is 0 Å². The van der Waals surface area contributed by atoms with E-state index in [-0.39, 0.29) is 11.8 Å². The van der Waals surface area contributed by atoms with Crippen LogP contribution in [0.3, 0.4) is 0 Å². The molecule has 102 valence electrons. The van der Waals surface area contributed by atoms with Crippen molar-refractivity contribution in [3.05, 3.63) is 45.4 Å². The lowest BCUT2D eigenvalue weighted by Gasteiger charge is -2.31. The van der Waals surface area contributed by atoms with Crippen molar-refractivity contribution in [1.82, 2.24) is 10.0 Å². The van der Waals surface area contributed by atoms with Crippen molar-refractivity contribution in [3.8, 4) is 0 Å². The van der Waals surface area contributed by atoms with Crippen LogP contribution in [-0.4, -0.2) is 35.9 Å². The SMILES string of the molecule is CN(C)N1C(=O)c2ccc(Cl)c3c(Cl)ccc(c23)C1=O. The van der Waals surface area contributed by atoms with Gasteiger partial charge in [0.1, 0.15) is 0 Å². The molecule has 0 fully saturated rings. The van der Waals surface area contributed by atoms with Crippen LogP contribution in [-0.2, 0) is 0 Å². The Morgan fingerprint density at radius 2 is 1.30 bits per heavy atom. The van der Waals surface area contributed by atoms with E-state index in [1.807, 2.05) is 0 Å². The molecular formula is C14H10Cl2N2O2. The van der Waals surface area contributed by atoms with Crippen molar-refractivity contribution >= 4 is 45.8 Å². The largest absolute Gasteiger partial charge is 0.276 e. The minimum atomic E-state index is -0.378. The number of halogens is 2. The third kappa shape index (κ3) is 1.66. The second-order valence-electron chi connectivity index (χ2n) is 4.71. The summed E-state index contributed by atoms with van der Waals surface area (Å²) in [6.45, 7) is 0. The van der Waals surface area contributed by atoms with Gasteiger partial charge in [-0.25, -0.2) is 10.0 Å². The maximum absolute atomic E-state index is 12.5. The molecule has 2 aromatic rings. The van der Waals surface area contributed by atoms with Gasteiger partial charge in [-0.15, -0.1) is 0 Å². The smallest absolute Gasteiger partial charge is 0.267 e. The van der Waals surface area contributed by atoms with Crippen LogP contribution < -0.4 is 0 Å². The van der Waals surface area contributed by atoms with E-state index in [9.17, 15) is 9.59 Å². The highest BCUT2D eigenvalue weighted by Crippen LogP contribution is 2.38. The number of nitrogens with zero attached hydrogens (tertiary/aromatic N) is 2. The maximum Gasteiger partial charge on any atom is 0.276 e. The molecule has 0 aromatic heterocycles. The molecule has 2 amide bonds. The van der Waals surface area contributed by atoms with Crippen LogP contribution in [0.15, 0.2) is 24.3 Å². The van der Waals surface area contributed by atoms with Gasteiger partial charge in [-0.1, -0.05) is 23.2 Å². The molecule has 0 radical (unpaired) electrons.